The van der Waals surface area contributed by atoms with E-state index >= 15 is 0 Å². The van der Waals surface area contributed by atoms with Gasteiger partial charge < -0.3 is 14.9 Å². The minimum Gasteiger partial charge on any atom is -0.475 e. The molecule has 1 aromatic heterocycles. The third-order valence-electron chi connectivity index (χ3n) is 4.06. The Morgan fingerprint density at radius 3 is 2.44 bits per heavy atom. The van der Waals surface area contributed by atoms with Gasteiger partial charge in [0.25, 0.3) is 0 Å². The maximum absolute atomic E-state index is 13.2. The first kappa shape index (κ1) is 18.3. The summed E-state index contributed by atoms with van der Waals surface area (Å²) in [7, 11) is 0. The summed E-state index contributed by atoms with van der Waals surface area (Å²) in [4.78, 5) is 23.8. The summed E-state index contributed by atoms with van der Waals surface area (Å²) in [5.41, 5.74) is 1.81. The monoisotopic (exact) mass is 368 g/mol. The lowest BCUT2D eigenvalue weighted by molar-refractivity contribution is -0.121. The van der Waals surface area contributed by atoms with Crippen LogP contribution in [0.5, 0.6) is 0 Å². The van der Waals surface area contributed by atoms with E-state index < -0.39 is 17.8 Å². The number of rotatable bonds is 6. The van der Waals surface area contributed by atoms with Gasteiger partial charge in [0.2, 0.25) is 11.7 Å². The molecular formula is C20H17FN2O4. The SMILES string of the molecule is C[C@@H](NC(=O)Cc1ccccc1)c1c(-c2ccc(F)cc2)noc1C(=O)O. The standard InChI is InChI=1S/C20H17FN2O4/c1-12(22-16(24)11-13-5-3-2-4-6-13)17-18(23-27-19(17)20(25)26)14-7-9-15(21)10-8-14/h2-10,12H,11H2,1H3,(H,22,24)(H,25,26)/t12-/m1/s1. The molecule has 0 fully saturated rings. The van der Waals surface area contributed by atoms with Crippen LogP contribution in [0.25, 0.3) is 11.3 Å². The predicted molar refractivity (Wildman–Crippen MR) is 95.6 cm³/mol. The number of carbonyl (C=O) groups excluding carboxylic acids is 1. The summed E-state index contributed by atoms with van der Waals surface area (Å²) >= 11 is 0. The van der Waals surface area contributed by atoms with E-state index in [1.54, 1.807) is 6.92 Å². The third kappa shape index (κ3) is 4.20. The number of aromatic carboxylic acids is 1. The highest BCUT2D eigenvalue weighted by molar-refractivity contribution is 5.89. The fourth-order valence-corrected chi connectivity index (χ4v) is 2.82. The van der Waals surface area contributed by atoms with Gasteiger partial charge in [-0.2, -0.15) is 0 Å². The zero-order chi connectivity index (χ0) is 19.4. The Bertz CT molecular complexity index is 952. The fraction of sp³-hybridized carbons (Fsp3) is 0.150. The number of nitrogens with one attached hydrogen (secondary N) is 1. The molecule has 1 atom stereocenters. The van der Waals surface area contributed by atoms with Gasteiger partial charge >= 0.3 is 5.97 Å². The number of carboxylic acids is 1. The highest BCUT2D eigenvalue weighted by Crippen LogP contribution is 2.31. The van der Waals surface area contributed by atoms with Crippen molar-refractivity contribution in [2.45, 2.75) is 19.4 Å². The fourth-order valence-electron chi connectivity index (χ4n) is 2.82. The normalized spacial score (nSPS) is 11.8. The van der Waals surface area contributed by atoms with Gasteiger partial charge in [-0.1, -0.05) is 35.5 Å². The Labute approximate surface area is 154 Å². The van der Waals surface area contributed by atoms with Crippen LogP contribution >= 0.6 is 0 Å². The highest BCUT2D eigenvalue weighted by Gasteiger charge is 2.27. The largest absolute Gasteiger partial charge is 0.475 e. The lowest BCUT2D eigenvalue weighted by Gasteiger charge is -2.14. The van der Waals surface area contributed by atoms with Crippen molar-refractivity contribution in [2.75, 3.05) is 0 Å². The molecule has 0 spiro atoms. The number of halogens is 1. The number of benzene rings is 2. The molecule has 138 valence electrons. The second-order valence-corrected chi connectivity index (χ2v) is 6.04. The van der Waals surface area contributed by atoms with Crippen LogP contribution in [0.1, 0.15) is 34.6 Å². The van der Waals surface area contributed by atoms with E-state index in [1.165, 1.54) is 24.3 Å². The van der Waals surface area contributed by atoms with Gasteiger partial charge in [0.05, 0.1) is 18.0 Å². The number of carbonyl (C=O) groups is 2. The Morgan fingerprint density at radius 2 is 1.81 bits per heavy atom. The van der Waals surface area contributed by atoms with Crippen LogP contribution in [0.4, 0.5) is 4.39 Å². The van der Waals surface area contributed by atoms with Crippen molar-refractivity contribution in [3.05, 3.63) is 77.3 Å². The summed E-state index contributed by atoms with van der Waals surface area (Å²) in [6, 6.07) is 13.9. The summed E-state index contributed by atoms with van der Waals surface area (Å²) < 4.78 is 18.1. The Balaban J connectivity index is 1.87. The lowest BCUT2D eigenvalue weighted by atomic mass is 10.00. The van der Waals surface area contributed by atoms with Crippen molar-refractivity contribution in [1.82, 2.24) is 10.5 Å². The molecule has 0 aliphatic carbocycles. The van der Waals surface area contributed by atoms with Gasteiger partial charge in [0.15, 0.2) is 0 Å². The molecule has 3 aromatic rings. The molecule has 2 N–H and O–H groups in total. The molecule has 0 saturated carbocycles. The first-order chi connectivity index (χ1) is 13.0. The molecule has 0 bridgehead atoms. The van der Waals surface area contributed by atoms with Crippen LogP contribution in [-0.4, -0.2) is 22.1 Å². The highest BCUT2D eigenvalue weighted by atomic mass is 19.1. The van der Waals surface area contributed by atoms with Gasteiger partial charge in [0, 0.05) is 5.56 Å². The van der Waals surface area contributed by atoms with Gasteiger partial charge in [-0.25, -0.2) is 9.18 Å². The van der Waals surface area contributed by atoms with E-state index in [4.69, 9.17) is 4.52 Å². The van der Waals surface area contributed by atoms with E-state index in [0.29, 0.717) is 5.56 Å². The third-order valence-corrected chi connectivity index (χ3v) is 4.06. The number of hydrogen-bond acceptors (Lipinski definition) is 4. The Hall–Kier alpha value is -3.48. The number of carboxylic acid groups (broad SMARTS) is 1. The molecule has 0 aliphatic heterocycles. The van der Waals surface area contributed by atoms with Gasteiger partial charge in [-0.05, 0) is 36.8 Å². The summed E-state index contributed by atoms with van der Waals surface area (Å²) in [5.74, 6) is -2.35. The van der Waals surface area contributed by atoms with Crippen molar-refractivity contribution in [3.63, 3.8) is 0 Å². The second kappa shape index (κ2) is 7.82. The molecule has 1 heterocycles. The van der Waals surface area contributed by atoms with Crippen LogP contribution in [-0.2, 0) is 11.2 Å². The van der Waals surface area contributed by atoms with Crippen molar-refractivity contribution in [2.24, 2.45) is 0 Å². The number of aromatic nitrogens is 1. The van der Waals surface area contributed by atoms with Crippen LogP contribution in [0.15, 0.2) is 59.1 Å². The van der Waals surface area contributed by atoms with Crippen molar-refractivity contribution >= 4 is 11.9 Å². The maximum atomic E-state index is 13.2. The smallest absolute Gasteiger partial charge is 0.375 e. The molecule has 0 aliphatic rings. The second-order valence-electron chi connectivity index (χ2n) is 6.04. The molecule has 2 aromatic carbocycles. The molecule has 6 nitrogen and oxygen atoms in total. The Kier molecular flexibility index (Phi) is 5.30. The van der Waals surface area contributed by atoms with Crippen LogP contribution in [0.2, 0.25) is 0 Å². The molecular weight excluding hydrogens is 351 g/mol. The minimum atomic E-state index is -1.30. The predicted octanol–water partition coefficient (Wildman–Crippen LogP) is 3.60. The van der Waals surface area contributed by atoms with Crippen molar-refractivity contribution in [3.8, 4) is 11.3 Å². The van der Waals surface area contributed by atoms with E-state index in [9.17, 15) is 19.1 Å². The molecule has 27 heavy (non-hydrogen) atoms. The molecule has 3 rings (SSSR count). The van der Waals surface area contributed by atoms with Crippen LogP contribution < -0.4 is 5.32 Å². The summed E-state index contributed by atoms with van der Waals surface area (Å²) in [6.07, 6.45) is 0.157. The molecule has 1 amide bonds. The van der Waals surface area contributed by atoms with Gasteiger partial charge in [0.1, 0.15) is 11.5 Å². The van der Waals surface area contributed by atoms with E-state index in [0.717, 1.165) is 5.56 Å². The first-order valence-corrected chi connectivity index (χ1v) is 8.28. The Morgan fingerprint density at radius 1 is 1.15 bits per heavy atom. The molecule has 0 radical (unpaired) electrons. The van der Waals surface area contributed by atoms with Gasteiger partial charge in [-0.15, -0.1) is 0 Å². The summed E-state index contributed by atoms with van der Waals surface area (Å²) in [6.45, 7) is 1.65. The summed E-state index contributed by atoms with van der Waals surface area (Å²) in [5, 5.41) is 16.0. The van der Waals surface area contributed by atoms with Gasteiger partial charge in [-0.3, -0.25) is 4.79 Å². The van der Waals surface area contributed by atoms with E-state index in [1.807, 2.05) is 30.3 Å². The van der Waals surface area contributed by atoms with Crippen molar-refractivity contribution < 1.29 is 23.6 Å². The van der Waals surface area contributed by atoms with Crippen molar-refractivity contribution in [1.29, 1.82) is 0 Å². The quantitative estimate of drug-likeness (QED) is 0.693. The van der Waals surface area contributed by atoms with E-state index in [2.05, 4.69) is 10.5 Å². The number of nitrogens with zero attached hydrogens (tertiary/aromatic N) is 1. The average Bonchev–Trinajstić information content (AvgIpc) is 3.08. The average molecular weight is 368 g/mol. The lowest BCUT2D eigenvalue weighted by Crippen LogP contribution is -2.29. The topological polar surface area (TPSA) is 92.4 Å². The molecule has 0 unspecified atom stereocenters. The number of amides is 1. The van der Waals surface area contributed by atoms with Crippen LogP contribution in [0, 0.1) is 5.82 Å². The zero-order valence-corrected chi connectivity index (χ0v) is 14.5. The number of hydrogen-bond donors (Lipinski definition) is 2. The molecule has 7 heteroatoms. The maximum Gasteiger partial charge on any atom is 0.375 e. The minimum absolute atomic E-state index is 0.157. The molecule has 0 saturated heterocycles. The van der Waals surface area contributed by atoms with E-state index in [-0.39, 0.29) is 29.3 Å². The van der Waals surface area contributed by atoms with Crippen LogP contribution in [0.3, 0.4) is 0 Å². The zero-order valence-electron chi connectivity index (χ0n) is 14.5. The first-order valence-electron chi connectivity index (χ1n) is 8.28.